The Morgan fingerprint density at radius 2 is 1.60 bits per heavy atom. The van der Waals surface area contributed by atoms with Crippen molar-refractivity contribution in [2.75, 3.05) is 39.8 Å². The van der Waals surface area contributed by atoms with Crippen LogP contribution in [0.4, 0.5) is 0 Å². The number of carboxylic acids is 1. The van der Waals surface area contributed by atoms with E-state index in [0.717, 1.165) is 94.8 Å². The first kappa shape index (κ1) is 43.3. The molecule has 2 N–H and O–H groups in total. The number of likely N-dealkylation sites (N-methyl/N-ethyl adjacent to an activating group) is 1. The number of aliphatic carboxylic acids is 1. The van der Waals surface area contributed by atoms with Crippen molar-refractivity contribution in [3.8, 4) is 0 Å². The number of hydrogen-bond acceptors (Lipinski definition) is 9. The van der Waals surface area contributed by atoms with Crippen LogP contribution in [0.15, 0.2) is 27.7 Å². The number of furan rings is 1. The number of allylic oxidation sites excluding steroid dienone is 2. The summed E-state index contributed by atoms with van der Waals surface area (Å²) in [5.41, 5.74) is -0.0661. The third-order valence-corrected chi connectivity index (χ3v) is 17.6. The van der Waals surface area contributed by atoms with Gasteiger partial charge in [-0.2, -0.15) is 0 Å². The highest BCUT2D eigenvalue weighted by Crippen LogP contribution is 2.76. The van der Waals surface area contributed by atoms with Crippen LogP contribution in [-0.2, 0) is 37.0 Å². The van der Waals surface area contributed by atoms with E-state index >= 15 is 0 Å². The lowest BCUT2D eigenvalue weighted by Gasteiger charge is -2.72. The van der Waals surface area contributed by atoms with Gasteiger partial charge in [0.2, 0.25) is 0 Å². The summed E-state index contributed by atoms with van der Waals surface area (Å²) in [5, 5.41) is 13.1. The number of carbonyl (C=O) groups is 4. The summed E-state index contributed by atoms with van der Waals surface area (Å²) in [7, 11) is 2.16. The quantitative estimate of drug-likeness (QED) is 0.200. The Balaban J connectivity index is 1.08. The summed E-state index contributed by atoms with van der Waals surface area (Å²) < 4.78 is 12.4. The Morgan fingerprint density at radius 3 is 2.28 bits per heavy atom. The lowest BCUT2D eigenvalue weighted by Crippen LogP contribution is -2.66. The van der Waals surface area contributed by atoms with Crippen LogP contribution in [-0.4, -0.2) is 84.3 Å². The van der Waals surface area contributed by atoms with Crippen LogP contribution in [0.25, 0.3) is 0 Å². The molecule has 10 nitrogen and oxygen atoms in total. The van der Waals surface area contributed by atoms with Gasteiger partial charge in [0, 0.05) is 38.0 Å². The molecule has 1 aromatic rings. The molecule has 5 aliphatic carbocycles. The third-order valence-electron chi connectivity index (χ3n) is 17.6. The monoisotopic (exact) mass is 804 g/mol. The number of carboxylic acid groups (broad SMARTS) is 1. The van der Waals surface area contributed by atoms with Crippen molar-refractivity contribution in [3.05, 3.63) is 34.8 Å². The molecule has 0 bridgehead atoms. The van der Waals surface area contributed by atoms with Crippen molar-refractivity contribution in [1.29, 1.82) is 0 Å². The number of ether oxygens (including phenoxy) is 1. The molecule has 1 aliphatic heterocycles. The van der Waals surface area contributed by atoms with Crippen LogP contribution in [0.2, 0.25) is 0 Å². The largest absolute Gasteiger partial charge is 0.481 e. The van der Waals surface area contributed by atoms with Crippen molar-refractivity contribution in [2.45, 2.75) is 146 Å². The van der Waals surface area contributed by atoms with Gasteiger partial charge in [-0.05, 0) is 135 Å². The maximum atomic E-state index is 14.7. The van der Waals surface area contributed by atoms with Gasteiger partial charge < -0.3 is 24.5 Å². The van der Waals surface area contributed by atoms with E-state index in [0.29, 0.717) is 31.2 Å². The molecule has 0 amide bonds. The van der Waals surface area contributed by atoms with Gasteiger partial charge in [-0.25, -0.2) is 0 Å². The number of carbonyl (C=O) groups excluding carboxylic acids is 3. The molecular formula is C48H73N3O7. The van der Waals surface area contributed by atoms with Crippen LogP contribution in [0.3, 0.4) is 0 Å². The summed E-state index contributed by atoms with van der Waals surface area (Å²) in [5.74, 6) is 1.75. The molecular weight excluding hydrogens is 731 g/mol. The number of piperazine rings is 1. The molecule has 2 heterocycles. The maximum Gasteiger partial charge on any atom is 0.309 e. The average molecular weight is 804 g/mol. The summed E-state index contributed by atoms with van der Waals surface area (Å²) in [6.45, 7) is 25.2. The van der Waals surface area contributed by atoms with Crippen LogP contribution in [0, 0.1) is 56.2 Å². The second-order valence-corrected chi connectivity index (χ2v) is 22.0. The minimum Gasteiger partial charge on any atom is -0.481 e. The van der Waals surface area contributed by atoms with Gasteiger partial charge in [-0.15, -0.1) is 0 Å². The third kappa shape index (κ3) is 7.06. The topological polar surface area (TPSA) is 129 Å². The molecule has 1 saturated heterocycles. The minimum atomic E-state index is -1.17. The summed E-state index contributed by atoms with van der Waals surface area (Å²) in [4.78, 5) is 58.5. The number of Topliss-reactive ketones (excluding diaryl/α,β-unsaturated/α-hetero) is 2. The molecule has 7 rings (SSSR count). The van der Waals surface area contributed by atoms with E-state index in [1.54, 1.807) is 13.8 Å². The number of rotatable bonds is 12. The van der Waals surface area contributed by atoms with E-state index < -0.39 is 22.8 Å². The number of hydrogen-bond donors (Lipinski definition) is 2. The summed E-state index contributed by atoms with van der Waals surface area (Å²) >= 11 is 0. The Morgan fingerprint density at radius 1 is 0.914 bits per heavy atom. The van der Waals surface area contributed by atoms with Crippen molar-refractivity contribution in [3.63, 3.8) is 0 Å². The predicted octanol–water partition coefficient (Wildman–Crippen LogP) is 8.08. The van der Waals surface area contributed by atoms with E-state index in [9.17, 15) is 24.3 Å². The van der Waals surface area contributed by atoms with Gasteiger partial charge in [0.15, 0.2) is 11.6 Å². The summed E-state index contributed by atoms with van der Waals surface area (Å²) in [6, 6.07) is 4.08. The standard InChI is InChI=1S/C48H73N3O7/c1-30(2)40-34(52)25-48(37(53)28-49-27-31-11-12-32(57-31)29-51-23-21-50(10)22-24-51)20-19-46(8)33(41(40)48)13-14-36-45(7)17-16-38(58-39(54)26-43(3,4)42(55)56)44(5,6)35(45)15-18-47(36,46)9/h11-12,30,33,35-36,38,49H,13-29H2,1-10H3,(H,55,56)/t33-,35?,36-,38+,45+,46-,47-,48+/m1/s1. The van der Waals surface area contributed by atoms with E-state index in [-0.39, 0.29) is 64.1 Å². The zero-order valence-corrected chi connectivity index (χ0v) is 37.4. The number of nitrogens with one attached hydrogen (secondary N) is 1. The van der Waals surface area contributed by atoms with E-state index in [2.05, 4.69) is 76.7 Å². The van der Waals surface area contributed by atoms with Gasteiger partial charge in [-0.1, -0.05) is 48.5 Å². The molecule has 0 aromatic carbocycles. The van der Waals surface area contributed by atoms with E-state index in [1.807, 2.05) is 6.07 Å². The highest BCUT2D eigenvalue weighted by Gasteiger charge is 2.71. The maximum absolute atomic E-state index is 14.7. The molecule has 1 unspecified atom stereocenters. The number of fused-ring (bicyclic) bond motifs is 7. The molecule has 0 radical (unpaired) electrons. The molecule has 10 heteroatoms. The Hall–Kier alpha value is -2.82. The molecule has 0 spiro atoms. The normalized spacial score (nSPS) is 36.6. The van der Waals surface area contributed by atoms with E-state index in [4.69, 9.17) is 9.15 Å². The van der Waals surface area contributed by atoms with Crippen LogP contribution >= 0.6 is 0 Å². The smallest absolute Gasteiger partial charge is 0.309 e. The Kier molecular flexibility index (Phi) is 11.4. The lowest BCUT2D eigenvalue weighted by molar-refractivity contribution is -0.233. The zero-order valence-electron chi connectivity index (χ0n) is 37.4. The van der Waals surface area contributed by atoms with Crippen LogP contribution < -0.4 is 5.32 Å². The first-order valence-electron chi connectivity index (χ1n) is 22.5. The minimum absolute atomic E-state index is 0.0154. The van der Waals surface area contributed by atoms with E-state index in [1.165, 1.54) is 5.57 Å². The van der Waals surface area contributed by atoms with Crippen molar-refractivity contribution in [1.82, 2.24) is 15.1 Å². The molecule has 6 aliphatic rings. The van der Waals surface area contributed by atoms with Crippen molar-refractivity contribution < 1.29 is 33.4 Å². The lowest BCUT2D eigenvalue weighted by atomic mass is 9.33. The fourth-order valence-electron chi connectivity index (χ4n) is 14.1. The molecule has 1 aromatic heterocycles. The van der Waals surface area contributed by atoms with Gasteiger partial charge in [0.05, 0.1) is 36.9 Å². The van der Waals surface area contributed by atoms with Gasteiger partial charge >= 0.3 is 11.9 Å². The highest BCUT2D eigenvalue weighted by atomic mass is 16.5. The molecule has 322 valence electrons. The highest BCUT2D eigenvalue weighted by molar-refractivity contribution is 6.07. The number of nitrogens with zero attached hydrogens (tertiary/aromatic N) is 2. The Labute approximate surface area is 347 Å². The molecule has 8 atom stereocenters. The van der Waals surface area contributed by atoms with Crippen LogP contribution in [0.1, 0.15) is 138 Å². The zero-order chi connectivity index (χ0) is 42.2. The summed E-state index contributed by atoms with van der Waals surface area (Å²) in [6.07, 6.45) is 7.39. The fraction of sp³-hybridized carbons (Fsp3) is 0.792. The first-order chi connectivity index (χ1) is 27.1. The SMILES string of the molecule is CC(C)C1=C2[C@H]3CC[C@@H]4[C@@]5(C)CC[C@H](OC(=O)CC(C)(C)C(=O)O)C(C)(C)C5CC[C@@]4(C)[C@]3(C)CC[C@@]2(C(=O)CNCc2ccc(CN3CCN(C)CC3)o2)CC1=O. The van der Waals surface area contributed by atoms with Gasteiger partial charge in [-0.3, -0.25) is 24.1 Å². The van der Waals surface area contributed by atoms with Crippen molar-refractivity contribution in [2.24, 2.45) is 56.2 Å². The molecule has 5 fully saturated rings. The number of esters is 1. The first-order valence-corrected chi connectivity index (χ1v) is 22.5. The second-order valence-electron chi connectivity index (χ2n) is 22.0. The van der Waals surface area contributed by atoms with Gasteiger partial charge in [0.1, 0.15) is 17.6 Å². The Bertz CT molecular complexity index is 1820. The molecule has 4 saturated carbocycles. The van der Waals surface area contributed by atoms with Crippen LogP contribution in [0.5, 0.6) is 0 Å². The number of ketones is 2. The second kappa shape index (κ2) is 15.3. The average Bonchev–Trinajstić information content (AvgIpc) is 3.71. The fourth-order valence-corrected chi connectivity index (χ4v) is 14.1. The molecule has 58 heavy (non-hydrogen) atoms. The van der Waals surface area contributed by atoms with Crippen molar-refractivity contribution >= 4 is 23.5 Å². The predicted molar refractivity (Wildman–Crippen MR) is 224 cm³/mol. The van der Waals surface area contributed by atoms with Gasteiger partial charge in [0.25, 0.3) is 0 Å².